The Balaban J connectivity index is 2.52. The zero-order valence-corrected chi connectivity index (χ0v) is 26.4. The molecule has 2 atom stereocenters. The number of unbranched alkanes of at least 4 members (excludes halogenated alkanes) is 3. The van der Waals surface area contributed by atoms with Crippen LogP contribution in [0.4, 0.5) is 4.79 Å². The normalized spacial score (nSPS) is 12.9. The van der Waals surface area contributed by atoms with Crippen LogP contribution in [0.2, 0.25) is 0 Å². The Morgan fingerprint density at radius 2 is 1.63 bits per heavy atom. The number of hydrogen-bond acceptors (Lipinski definition) is 4. The molecule has 7 heteroatoms. The lowest BCUT2D eigenvalue weighted by atomic mass is 9.95. The van der Waals surface area contributed by atoms with E-state index in [4.69, 9.17) is 4.74 Å². The molecule has 2 rings (SSSR count). The van der Waals surface area contributed by atoms with Crippen molar-refractivity contribution < 1.29 is 19.1 Å². The van der Waals surface area contributed by atoms with Crippen molar-refractivity contribution in [2.75, 3.05) is 6.54 Å². The zero-order chi connectivity index (χ0) is 30.6. The summed E-state index contributed by atoms with van der Waals surface area (Å²) in [5, 5.41) is 5.91. The molecular weight excluding hydrogens is 514 g/mol. The molecule has 41 heavy (non-hydrogen) atoms. The van der Waals surface area contributed by atoms with Gasteiger partial charge in [-0.2, -0.15) is 0 Å². The molecule has 0 saturated carbocycles. The minimum atomic E-state index is -0.844. The summed E-state index contributed by atoms with van der Waals surface area (Å²) < 4.78 is 5.51. The van der Waals surface area contributed by atoms with Crippen molar-refractivity contribution in [3.05, 3.63) is 70.8 Å². The van der Waals surface area contributed by atoms with Gasteiger partial charge in [-0.05, 0) is 70.1 Å². The highest BCUT2D eigenvalue weighted by Gasteiger charge is 2.37. The first-order chi connectivity index (χ1) is 19.3. The minimum Gasteiger partial charge on any atom is -0.444 e. The summed E-state index contributed by atoms with van der Waals surface area (Å²) in [4.78, 5) is 42.9. The summed E-state index contributed by atoms with van der Waals surface area (Å²) in [5.41, 5.74) is 3.08. The number of amides is 3. The number of alkyl carbamates (subject to hydrolysis) is 1. The molecule has 0 aliphatic rings. The van der Waals surface area contributed by atoms with Crippen LogP contribution in [0, 0.1) is 19.8 Å². The highest BCUT2D eigenvalue weighted by molar-refractivity contribution is 5.92. The van der Waals surface area contributed by atoms with Gasteiger partial charge >= 0.3 is 6.09 Å². The number of carbonyl (C=O) groups is 3. The van der Waals surface area contributed by atoms with E-state index in [1.54, 1.807) is 25.7 Å². The fourth-order valence-corrected chi connectivity index (χ4v) is 4.88. The lowest BCUT2D eigenvalue weighted by Gasteiger charge is -2.35. The highest BCUT2D eigenvalue weighted by Crippen LogP contribution is 2.28. The second kappa shape index (κ2) is 16.2. The van der Waals surface area contributed by atoms with Gasteiger partial charge < -0.3 is 20.3 Å². The molecule has 7 nitrogen and oxygen atoms in total. The lowest BCUT2D eigenvalue weighted by molar-refractivity contribution is -0.143. The molecule has 0 radical (unpaired) electrons. The van der Waals surface area contributed by atoms with Gasteiger partial charge in [0.05, 0.1) is 0 Å². The zero-order valence-electron chi connectivity index (χ0n) is 26.4. The van der Waals surface area contributed by atoms with Crippen molar-refractivity contribution >= 4 is 17.9 Å². The Kier molecular flexibility index (Phi) is 13.4. The summed E-state index contributed by atoms with van der Waals surface area (Å²) in [6, 6.07) is 14.0. The predicted molar refractivity (Wildman–Crippen MR) is 165 cm³/mol. The monoisotopic (exact) mass is 565 g/mol. The van der Waals surface area contributed by atoms with E-state index in [-0.39, 0.29) is 17.7 Å². The van der Waals surface area contributed by atoms with Crippen LogP contribution in [0.5, 0.6) is 0 Å². The summed E-state index contributed by atoms with van der Waals surface area (Å²) in [6.07, 6.45) is 3.59. The maximum Gasteiger partial charge on any atom is 0.408 e. The molecule has 0 aliphatic heterocycles. The standard InChI is InChI=1S/C34H51N3O4/c1-9-10-11-15-20-37(32(39)29(21-24(2)3)36-33(40)41-34(6,7)8)30(28-19-18-25(4)22-26(28)5)31(38)35-23-27-16-13-12-14-17-27/h12-14,16-19,22,24,29-30H,9-11,15,20-21,23H2,1-8H3,(H,35,38)(H,36,40). The second-order valence-electron chi connectivity index (χ2n) is 12.4. The minimum absolute atomic E-state index is 0.132. The molecule has 0 aliphatic carbocycles. The molecule has 2 aromatic rings. The lowest BCUT2D eigenvalue weighted by Crippen LogP contribution is -2.53. The van der Waals surface area contributed by atoms with Crippen LogP contribution < -0.4 is 10.6 Å². The quantitative estimate of drug-likeness (QED) is 0.241. The third kappa shape index (κ3) is 11.6. The van der Waals surface area contributed by atoms with Crippen LogP contribution in [-0.2, 0) is 20.9 Å². The first kappa shape index (κ1) is 33.9. The van der Waals surface area contributed by atoms with Gasteiger partial charge in [0.1, 0.15) is 17.7 Å². The molecule has 2 N–H and O–H groups in total. The van der Waals surface area contributed by atoms with Gasteiger partial charge in [-0.15, -0.1) is 0 Å². The molecular formula is C34H51N3O4. The van der Waals surface area contributed by atoms with Gasteiger partial charge in [0, 0.05) is 13.1 Å². The van der Waals surface area contributed by atoms with Crippen molar-refractivity contribution in [2.24, 2.45) is 5.92 Å². The van der Waals surface area contributed by atoms with Gasteiger partial charge in [0.25, 0.3) is 0 Å². The van der Waals surface area contributed by atoms with Gasteiger partial charge in [0.15, 0.2) is 0 Å². The van der Waals surface area contributed by atoms with Crippen LogP contribution in [-0.4, -0.2) is 41.0 Å². The largest absolute Gasteiger partial charge is 0.444 e. The first-order valence-electron chi connectivity index (χ1n) is 15.0. The van der Waals surface area contributed by atoms with Gasteiger partial charge in [0.2, 0.25) is 11.8 Å². The molecule has 0 bridgehead atoms. The Morgan fingerprint density at radius 3 is 2.22 bits per heavy atom. The molecule has 0 spiro atoms. The number of nitrogens with one attached hydrogen (secondary N) is 2. The van der Waals surface area contributed by atoms with E-state index in [0.717, 1.165) is 47.9 Å². The van der Waals surface area contributed by atoms with Gasteiger partial charge in [-0.25, -0.2) is 4.79 Å². The average Bonchev–Trinajstić information content (AvgIpc) is 2.88. The molecule has 3 amide bonds. The summed E-state index contributed by atoms with van der Waals surface area (Å²) >= 11 is 0. The summed E-state index contributed by atoms with van der Waals surface area (Å²) in [5.74, 6) is -0.390. The maximum atomic E-state index is 14.4. The molecule has 2 aromatic carbocycles. The first-order valence-corrected chi connectivity index (χ1v) is 15.0. The van der Waals surface area contributed by atoms with Crippen molar-refractivity contribution in [3.63, 3.8) is 0 Å². The molecule has 0 heterocycles. The predicted octanol–water partition coefficient (Wildman–Crippen LogP) is 7.01. The van der Waals surface area contributed by atoms with Crippen molar-refractivity contribution in [2.45, 2.75) is 112 Å². The highest BCUT2D eigenvalue weighted by atomic mass is 16.6. The van der Waals surface area contributed by atoms with E-state index in [1.165, 1.54) is 0 Å². The second-order valence-corrected chi connectivity index (χ2v) is 12.4. The molecule has 0 aromatic heterocycles. The van der Waals surface area contributed by atoms with Crippen LogP contribution in [0.1, 0.15) is 102 Å². The van der Waals surface area contributed by atoms with E-state index >= 15 is 0 Å². The molecule has 0 fully saturated rings. The fraction of sp³-hybridized carbons (Fsp3) is 0.559. The van der Waals surface area contributed by atoms with Crippen LogP contribution in [0.3, 0.4) is 0 Å². The number of benzene rings is 2. The molecule has 2 unspecified atom stereocenters. The van der Waals surface area contributed by atoms with E-state index in [9.17, 15) is 14.4 Å². The Labute approximate surface area is 247 Å². The van der Waals surface area contributed by atoms with Gasteiger partial charge in [-0.1, -0.05) is 94.1 Å². The van der Waals surface area contributed by atoms with E-state index < -0.39 is 23.8 Å². The molecule has 0 saturated heterocycles. The topological polar surface area (TPSA) is 87.7 Å². The average molecular weight is 566 g/mol. The van der Waals surface area contributed by atoms with Crippen molar-refractivity contribution in [1.82, 2.24) is 15.5 Å². The number of rotatable bonds is 14. The van der Waals surface area contributed by atoms with Crippen molar-refractivity contribution in [3.8, 4) is 0 Å². The fourth-order valence-electron chi connectivity index (χ4n) is 4.88. The Morgan fingerprint density at radius 1 is 0.951 bits per heavy atom. The van der Waals surface area contributed by atoms with Crippen LogP contribution >= 0.6 is 0 Å². The van der Waals surface area contributed by atoms with Crippen LogP contribution in [0.25, 0.3) is 0 Å². The Hall–Kier alpha value is -3.35. The number of carbonyl (C=O) groups excluding carboxylic acids is 3. The summed E-state index contributed by atoms with van der Waals surface area (Å²) in [6.45, 7) is 16.3. The number of hydrogen-bond donors (Lipinski definition) is 2. The molecule has 226 valence electrons. The maximum absolute atomic E-state index is 14.4. The Bertz CT molecular complexity index is 1120. The number of nitrogens with zero attached hydrogens (tertiary/aromatic N) is 1. The summed E-state index contributed by atoms with van der Waals surface area (Å²) in [7, 11) is 0. The SMILES string of the molecule is CCCCCCN(C(=O)C(CC(C)C)NC(=O)OC(C)(C)C)C(C(=O)NCc1ccccc1)c1ccc(C)cc1C. The van der Waals surface area contributed by atoms with Gasteiger partial charge in [-0.3, -0.25) is 9.59 Å². The van der Waals surface area contributed by atoms with Crippen molar-refractivity contribution in [1.29, 1.82) is 0 Å². The van der Waals surface area contributed by atoms with E-state index in [2.05, 4.69) is 17.6 Å². The smallest absolute Gasteiger partial charge is 0.408 e. The number of ether oxygens (including phenoxy) is 1. The van der Waals surface area contributed by atoms with Crippen LogP contribution in [0.15, 0.2) is 48.5 Å². The number of aryl methyl sites for hydroxylation is 2. The third-order valence-electron chi connectivity index (χ3n) is 6.82. The third-order valence-corrected chi connectivity index (χ3v) is 6.82. The van der Waals surface area contributed by atoms with E-state index in [1.807, 2.05) is 76.2 Å². The van der Waals surface area contributed by atoms with E-state index in [0.29, 0.717) is 19.5 Å².